The van der Waals surface area contributed by atoms with E-state index in [-0.39, 0.29) is 17.1 Å². The fourth-order valence-electron chi connectivity index (χ4n) is 2.72. The Bertz CT molecular complexity index is 1150. The summed E-state index contributed by atoms with van der Waals surface area (Å²) in [6.45, 7) is 0. The van der Waals surface area contributed by atoms with E-state index in [0.717, 1.165) is 6.07 Å². The third-order valence-corrected chi connectivity index (χ3v) is 4.24. The van der Waals surface area contributed by atoms with Crippen LogP contribution in [0.2, 0.25) is 0 Å². The van der Waals surface area contributed by atoms with Crippen molar-refractivity contribution in [2.45, 2.75) is 6.18 Å². The van der Waals surface area contributed by atoms with Gasteiger partial charge in [-0.3, -0.25) is 25.8 Å². The SMILES string of the molecule is COc1ccccc1Nc1ncccc1C(=O)NNc1ccc(C(F)(F)F)cc1[N+](=O)[O-]. The van der Waals surface area contributed by atoms with Gasteiger partial charge >= 0.3 is 6.18 Å². The first kappa shape index (κ1) is 22.3. The number of nitrogens with zero attached hydrogens (tertiary/aromatic N) is 2. The molecule has 0 saturated carbocycles. The number of amides is 1. The molecule has 0 aliphatic carbocycles. The molecular weight excluding hydrogens is 431 g/mol. The van der Waals surface area contributed by atoms with Crippen LogP contribution >= 0.6 is 0 Å². The van der Waals surface area contributed by atoms with Gasteiger partial charge in [0, 0.05) is 12.3 Å². The second kappa shape index (κ2) is 9.20. The minimum Gasteiger partial charge on any atom is -0.495 e. The van der Waals surface area contributed by atoms with Crippen LogP contribution in [0.3, 0.4) is 0 Å². The van der Waals surface area contributed by atoms with Gasteiger partial charge in [-0.05, 0) is 36.4 Å². The number of carbonyl (C=O) groups excluding carboxylic acids is 1. The van der Waals surface area contributed by atoms with Gasteiger partial charge in [0.1, 0.15) is 17.3 Å². The molecule has 0 fully saturated rings. The van der Waals surface area contributed by atoms with Crippen LogP contribution in [0.1, 0.15) is 15.9 Å². The summed E-state index contributed by atoms with van der Waals surface area (Å²) in [6.07, 6.45) is -3.30. The number of alkyl halides is 3. The van der Waals surface area contributed by atoms with Crippen molar-refractivity contribution in [3.8, 4) is 5.75 Å². The average molecular weight is 447 g/mol. The van der Waals surface area contributed by atoms with Crippen molar-refractivity contribution in [2.75, 3.05) is 17.9 Å². The van der Waals surface area contributed by atoms with E-state index < -0.39 is 28.3 Å². The Morgan fingerprint density at radius 3 is 2.53 bits per heavy atom. The Hall–Kier alpha value is -4.35. The number of hydrazine groups is 1. The third-order valence-electron chi connectivity index (χ3n) is 4.24. The number of nitro groups is 1. The number of anilines is 3. The van der Waals surface area contributed by atoms with Gasteiger partial charge in [-0.15, -0.1) is 0 Å². The molecule has 3 aromatic rings. The largest absolute Gasteiger partial charge is 0.495 e. The topological polar surface area (TPSA) is 118 Å². The number of carbonyl (C=O) groups is 1. The lowest BCUT2D eigenvalue weighted by Crippen LogP contribution is -2.30. The van der Waals surface area contributed by atoms with Gasteiger partial charge in [-0.2, -0.15) is 13.2 Å². The van der Waals surface area contributed by atoms with Crippen molar-refractivity contribution in [1.82, 2.24) is 10.4 Å². The van der Waals surface area contributed by atoms with Crippen LogP contribution in [-0.4, -0.2) is 22.9 Å². The number of hydrogen-bond acceptors (Lipinski definition) is 7. The molecule has 0 unspecified atom stereocenters. The summed E-state index contributed by atoms with van der Waals surface area (Å²) in [5.41, 5.74) is 2.79. The number of halogens is 3. The van der Waals surface area contributed by atoms with E-state index in [1.54, 1.807) is 24.3 Å². The molecular formula is C20H16F3N5O4. The number of hydrogen-bond donors (Lipinski definition) is 3. The lowest BCUT2D eigenvalue weighted by Gasteiger charge is -2.14. The number of nitrogens with one attached hydrogen (secondary N) is 3. The number of methoxy groups -OCH3 is 1. The maximum atomic E-state index is 12.8. The van der Waals surface area contributed by atoms with E-state index in [4.69, 9.17) is 4.74 Å². The number of nitro benzene ring substituents is 1. The Kier molecular flexibility index (Phi) is 6.42. The standard InChI is InChI=1S/C20H16F3N5O4/c1-32-17-7-3-2-6-15(17)25-18-13(5-4-10-24-18)19(29)27-26-14-9-8-12(20(21,22)23)11-16(14)28(30)31/h2-11,26H,1H3,(H,24,25)(H,27,29). The zero-order valence-corrected chi connectivity index (χ0v) is 16.4. The summed E-state index contributed by atoms with van der Waals surface area (Å²) in [5, 5.41) is 14.2. The summed E-state index contributed by atoms with van der Waals surface area (Å²) >= 11 is 0. The minimum absolute atomic E-state index is 0.0699. The van der Waals surface area contributed by atoms with Gasteiger partial charge in [-0.1, -0.05) is 12.1 Å². The molecule has 1 amide bonds. The molecule has 0 bridgehead atoms. The van der Waals surface area contributed by atoms with E-state index in [1.807, 2.05) is 0 Å². The van der Waals surface area contributed by atoms with Crippen LogP contribution in [0.15, 0.2) is 60.8 Å². The van der Waals surface area contributed by atoms with E-state index in [1.165, 1.54) is 25.4 Å². The number of benzene rings is 2. The highest BCUT2D eigenvalue weighted by Gasteiger charge is 2.33. The fourth-order valence-corrected chi connectivity index (χ4v) is 2.72. The zero-order valence-electron chi connectivity index (χ0n) is 16.4. The van der Waals surface area contributed by atoms with Crippen LogP contribution in [0.5, 0.6) is 5.75 Å². The number of aromatic nitrogens is 1. The van der Waals surface area contributed by atoms with E-state index in [2.05, 4.69) is 21.2 Å². The van der Waals surface area contributed by atoms with Crippen molar-refractivity contribution in [3.63, 3.8) is 0 Å². The molecule has 1 aromatic heterocycles. The number of rotatable bonds is 7. The number of pyridine rings is 1. The first-order chi connectivity index (χ1) is 15.2. The molecule has 166 valence electrons. The number of ether oxygens (including phenoxy) is 1. The molecule has 9 nitrogen and oxygen atoms in total. The minimum atomic E-state index is -4.75. The third kappa shape index (κ3) is 5.03. The molecule has 0 aliphatic rings. The van der Waals surface area contributed by atoms with Crippen molar-refractivity contribution in [2.24, 2.45) is 0 Å². The Morgan fingerprint density at radius 2 is 1.84 bits per heavy atom. The van der Waals surface area contributed by atoms with Crippen molar-refractivity contribution >= 4 is 28.8 Å². The van der Waals surface area contributed by atoms with Crippen molar-refractivity contribution in [3.05, 3.63) is 82.0 Å². The van der Waals surface area contributed by atoms with Crippen LogP contribution < -0.4 is 20.9 Å². The second-order valence-corrected chi connectivity index (χ2v) is 6.29. The van der Waals surface area contributed by atoms with Gasteiger partial charge < -0.3 is 10.1 Å². The van der Waals surface area contributed by atoms with E-state index in [0.29, 0.717) is 23.6 Å². The highest BCUT2D eigenvalue weighted by Crippen LogP contribution is 2.35. The quantitative estimate of drug-likeness (QED) is 0.360. The predicted molar refractivity (Wildman–Crippen MR) is 110 cm³/mol. The number of para-hydroxylation sites is 2. The molecule has 0 saturated heterocycles. The van der Waals surface area contributed by atoms with Crippen LogP contribution in [0.4, 0.5) is 36.1 Å². The first-order valence-electron chi connectivity index (χ1n) is 8.97. The van der Waals surface area contributed by atoms with Gasteiger partial charge in [0.05, 0.1) is 28.8 Å². The smallest absolute Gasteiger partial charge is 0.416 e. The lowest BCUT2D eigenvalue weighted by molar-refractivity contribution is -0.384. The summed E-state index contributed by atoms with van der Waals surface area (Å²) in [4.78, 5) is 27.0. The van der Waals surface area contributed by atoms with Crippen LogP contribution in [-0.2, 0) is 6.18 Å². The average Bonchev–Trinajstić information content (AvgIpc) is 2.77. The normalized spacial score (nSPS) is 10.9. The first-order valence-corrected chi connectivity index (χ1v) is 8.97. The Balaban J connectivity index is 1.81. The highest BCUT2D eigenvalue weighted by atomic mass is 19.4. The fraction of sp³-hybridized carbons (Fsp3) is 0.100. The zero-order chi connectivity index (χ0) is 23.3. The summed E-state index contributed by atoms with van der Waals surface area (Å²) in [6, 6.07) is 11.8. The van der Waals surface area contributed by atoms with Crippen LogP contribution in [0, 0.1) is 10.1 Å². The molecule has 0 atom stereocenters. The van der Waals surface area contributed by atoms with Crippen LogP contribution in [0.25, 0.3) is 0 Å². The molecule has 32 heavy (non-hydrogen) atoms. The molecule has 12 heteroatoms. The van der Waals surface area contributed by atoms with Gasteiger partial charge in [0.25, 0.3) is 11.6 Å². The second-order valence-electron chi connectivity index (χ2n) is 6.29. The van der Waals surface area contributed by atoms with Crippen molar-refractivity contribution < 1.29 is 27.6 Å². The maximum absolute atomic E-state index is 12.8. The van der Waals surface area contributed by atoms with Crippen molar-refractivity contribution in [1.29, 1.82) is 0 Å². The molecule has 3 N–H and O–H groups in total. The molecule has 0 spiro atoms. The molecule has 0 radical (unpaired) electrons. The lowest BCUT2D eigenvalue weighted by atomic mass is 10.1. The highest BCUT2D eigenvalue weighted by molar-refractivity contribution is 6.00. The Labute approximate surface area is 179 Å². The summed E-state index contributed by atoms with van der Waals surface area (Å²) in [5.74, 6) is -0.0640. The maximum Gasteiger partial charge on any atom is 0.416 e. The van der Waals surface area contributed by atoms with E-state index >= 15 is 0 Å². The molecule has 0 aliphatic heterocycles. The summed E-state index contributed by atoms with van der Waals surface area (Å²) < 4.78 is 43.8. The van der Waals surface area contributed by atoms with Gasteiger partial charge in [-0.25, -0.2) is 4.98 Å². The van der Waals surface area contributed by atoms with Gasteiger partial charge in [0.2, 0.25) is 0 Å². The Morgan fingerprint density at radius 1 is 1.09 bits per heavy atom. The van der Waals surface area contributed by atoms with Gasteiger partial charge in [0.15, 0.2) is 0 Å². The monoisotopic (exact) mass is 447 g/mol. The molecule has 3 rings (SSSR count). The van der Waals surface area contributed by atoms with E-state index in [9.17, 15) is 28.1 Å². The molecule has 1 heterocycles. The molecule has 2 aromatic carbocycles. The predicted octanol–water partition coefficient (Wildman–Crippen LogP) is 4.52. The summed E-state index contributed by atoms with van der Waals surface area (Å²) in [7, 11) is 1.48.